The summed E-state index contributed by atoms with van der Waals surface area (Å²) in [6.45, 7) is 5.84. The summed E-state index contributed by atoms with van der Waals surface area (Å²) in [4.78, 5) is 2.54. The number of piperidine rings is 1. The first kappa shape index (κ1) is 25.4. The lowest BCUT2D eigenvalue weighted by Gasteiger charge is -2.32. The molecule has 0 radical (unpaired) electrons. The molecule has 0 spiro atoms. The number of nitrogens with zero attached hydrogens (tertiary/aromatic N) is 1. The number of nitrogens with one attached hydrogen (secondary N) is 1. The zero-order valence-electron chi connectivity index (χ0n) is 17.9. The first-order chi connectivity index (χ1) is 14.2. The van der Waals surface area contributed by atoms with E-state index in [0.717, 1.165) is 48.8 Å². The molecule has 0 saturated carbocycles. The lowest BCUT2D eigenvalue weighted by molar-refractivity contribution is 0.189. The van der Waals surface area contributed by atoms with E-state index >= 15 is 0 Å². The Bertz CT molecular complexity index is 889. The second kappa shape index (κ2) is 12.3. The molecule has 1 aromatic heterocycles. The highest BCUT2D eigenvalue weighted by Crippen LogP contribution is 2.24. The summed E-state index contributed by atoms with van der Waals surface area (Å²) in [5, 5.41) is 13.3. The van der Waals surface area contributed by atoms with Crippen LogP contribution in [0.1, 0.15) is 42.8 Å². The number of aliphatic hydroxyl groups excluding tert-OH is 1. The zero-order chi connectivity index (χ0) is 20.1. The van der Waals surface area contributed by atoms with Gasteiger partial charge in [0.15, 0.2) is 0 Å². The average Bonchev–Trinajstić information content (AvgIpc) is 3.23. The third kappa shape index (κ3) is 7.09. The Kier molecular flexibility index (Phi) is 10.1. The summed E-state index contributed by atoms with van der Waals surface area (Å²) in [5.41, 5.74) is 3.35. The Balaban J connectivity index is 0.00000171. The van der Waals surface area contributed by atoms with Gasteiger partial charge in [-0.25, -0.2) is 0 Å². The molecule has 1 unspecified atom stereocenters. The number of furan rings is 1. The molecular formula is C25H32Cl2N2O2. The molecule has 1 saturated heterocycles. The van der Waals surface area contributed by atoms with Crippen molar-refractivity contribution in [2.24, 2.45) is 0 Å². The van der Waals surface area contributed by atoms with E-state index in [1.165, 1.54) is 18.4 Å². The van der Waals surface area contributed by atoms with Crippen LogP contribution in [0.25, 0.3) is 11.3 Å². The number of aliphatic hydroxyl groups is 1. The highest BCUT2D eigenvalue weighted by molar-refractivity contribution is 5.85. The number of benzene rings is 2. The van der Waals surface area contributed by atoms with E-state index in [2.05, 4.69) is 46.6 Å². The van der Waals surface area contributed by atoms with Crippen LogP contribution < -0.4 is 5.32 Å². The maximum absolute atomic E-state index is 9.64. The van der Waals surface area contributed by atoms with Gasteiger partial charge in [0.1, 0.15) is 11.5 Å². The molecule has 3 aromatic rings. The molecule has 1 fully saturated rings. The lowest BCUT2D eigenvalue weighted by Crippen LogP contribution is -2.41. The summed E-state index contributed by atoms with van der Waals surface area (Å²) in [5.74, 6) is 1.84. The fourth-order valence-electron chi connectivity index (χ4n) is 3.94. The van der Waals surface area contributed by atoms with Crippen LogP contribution in [0, 0.1) is 0 Å². The third-order valence-corrected chi connectivity index (χ3v) is 5.74. The number of rotatable bonds is 7. The van der Waals surface area contributed by atoms with Crippen LogP contribution >= 0.6 is 24.8 Å². The molecule has 0 bridgehead atoms. The van der Waals surface area contributed by atoms with E-state index in [0.29, 0.717) is 6.04 Å². The fourth-order valence-corrected chi connectivity index (χ4v) is 3.94. The van der Waals surface area contributed by atoms with Crippen LogP contribution in [0.4, 0.5) is 0 Å². The van der Waals surface area contributed by atoms with E-state index in [1.807, 2.05) is 30.3 Å². The third-order valence-electron chi connectivity index (χ3n) is 5.74. The van der Waals surface area contributed by atoms with Gasteiger partial charge in [-0.15, -0.1) is 24.8 Å². The van der Waals surface area contributed by atoms with Crippen molar-refractivity contribution < 1.29 is 9.52 Å². The zero-order valence-corrected chi connectivity index (χ0v) is 19.5. The summed E-state index contributed by atoms with van der Waals surface area (Å²) in [7, 11) is 0. The highest BCUT2D eigenvalue weighted by atomic mass is 35.5. The van der Waals surface area contributed by atoms with Crippen molar-refractivity contribution in [3.8, 4) is 11.3 Å². The molecule has 1 aliphatic heterocycles. The van der Waals surface area contributed by atoms with Gasteiger partial charge in [0, 0.05) is 18.2 Å². The van der Waals surface area contributed by atoms with E-state index < -0.39 is 6.10 Å². The smallest absolute Gasteiger partial charge is 0.134 e. The first-order valence-electron chi connectivity index (χ1n) is 10.5. The topological polar surface area (TPSA) is 48.6 Å². The molecule has 1 aliphatic rings. The van der Waals surface area contributed by atoms with Crippen LogP contribution in [0.2, 0.25) is 0 Å². The molecule has 4 rings (SSSR count). The normalized spacial score (nSPS) is 15.7. The van der Waals surface area contributed by atoms with E-state index in [1.54, 1.807) is 6.92 Å². The molecule has 6 heteroatoms. The van der Waals surface area contributed by atoms with Crippen molar-refractivity contribution in [3.63, 3.8) is 0 Å². The van der Waals surface area contributed by atoms with Gasteiger partial charge < -0.3 is 14.8 Å². The number of halogens is 2. The summed E-state index contributed by atoms with van der Waals surface area (Å²) < 4.78 is 6.03. The standard InChI is InChI=1S/C25H30N2O2.2ClH/c1-19(28)21-7-9-22(10-8-21)25-12-11-24(29-25)17-26-23-13-15-27(16-14-23)18-20-5-3-2-4-6-20;;/h2-12,19,23,26,28H,13-18H2,1H3;2*1H. The SMILES string of the molecule is CC(O)c1ccc(-c2ccc(CNC3CCN(Cc4ccccc4)CC3)o2)cc1.Cl.Cl. The maximum Gasteiger partial charge on any atom is 0.134 e. The molecule has 0 aliphatic carbocycles. The average molecular weight is 463 g/mol. The van der Waals surface area contributed by atoms with E-state index in [-0.39, 0.29) is 24.8 Å². The van der Waals surface area contributed by atoms with Crippen molar-refractivity contribution in [3.05, 3.63) is 83.6 Å². The maximum atomic E-state index is 9.64. The van der Waals surface area contributed by atoms with Crippen LogP contribution in [0.5, 0.6) is 0 Å². The van der Waals surface area contributed by atoms with Gasteiger partial charge >= 0.3 is 0 Å². The number of hydrogen-bond donors (Lipinski definition) is 2. The predicted octanol–water partition coefficient (Wildman–Crippen LogP) is 5.60. The molecule has 2 N–H and O–H groups in total. The lowest BCUT2D eigenvalue weighted by atomic mass is 10.0. The van der Waals surface area contributed by atoms with Gasteiger partial charge in [-0.05, 0) is 56.1 Å². The number of hydrogen-bond acceptors (Lipinski definition) is 4. The molecule has 168 valence electrons. The Labute approximate surface area is 197 Å². The Hall–Kier alpha value is -1.82. The minimum Gasteiger partial charge on any atom is -0.460 e. The summed E-state index contributed by atoms with van der Waals surface area (Å²) >= 11 is 0. The van der Waals surface area contributed by atoms with Crippen molar-refractivity contribution in [1.29, 1.82) is 0 Å². The molecule has 2 aromatic carbocycles. The minimum absolute atomic E-state index is 0. The summed E-state index contributed by atoms with van der Waals surface area (Å²) in [6, 6.07) is 23.2. The Morgan fingerprint density at radius 3 is 2.29 bits per heavy atom. The van der Waals surface area contributed by atoms with Crippen LogP contribution in [0.3, 0.4) is 0 Å². The Morgan fingerprint density at radius 2 is 1.65 bits per heavy atom. The number of likely N-dealkylation sites (tertiary alicyclic amines) is 1. The second-order valence-electron chi connectivity index (χ2n) is 7.98. The highest BCUT2D eigenvalue weighted by Gasteiger charge is 2.19. The molecule has 4 nitrogen and oxygen atoms in total. The monoisotopic (exact) mass is 462 g/mol. The molecule has 2 heterocycles. The Morgan fingerprint density at radius 1 is 0.968 bits per heavy atom. The van der Waals surface area contributed by atoms with E-state index in [9.17, 15) is 5.11 Å². The molecular weight excluding hydrogens is 431 g/mol. The van der Waals surface area contributed by atoms with Crippen molar-refractivity contribution in [2.45, 2.75) is 45.0 Å². The van der Waals surface area contributed by atoms with Crippen molar-refractivity contribution in [1.82, 2.24) is 10.2 Å². The van der Waals surface area contributed by atoms with Crippen molar-refractivity contribution >= 4 is 24.8 Å². The molecule has 0 amide bonds. The molecule has 1 atom stereocenters. The van der Waals surface area contributed by atoms with Crippen LogP contribution in [-0.4, -0.2) is 29.1 Å². The van der Waals surface area contributed by atoms with Gasteiger partial charge in [-0.3, -0.25) is 4.90 Å². The van der Waals surface area contributed by atoms with Gasteiger partial charge in [-0.2, -0.15) is 0 Å². The fraction of sp³-hybridized carbons (Fsp3) is 0.360. The van der Waals surface area contributed by atoms with Gasteiger partial charge in [0.05, 0.1) is 12.6 Å². The predicted molar refractivity (Wildman–Crippen MR) is 131 cm³/mol. The van der Waals surface area contributed by atoms with E-state index in [4.69, 9.17) is 4.42 Å². The largest absolute Gasteiger partial charge is 0.460 e. The summed E-state index contributed by atoms with van der Waals surface area (Å²) in [6.07, 6.45) is 1.89. The van der Waals surface area contributed by atoms with Crippen LogP contribution in [0.15, 0.2) is 71.1 Å². The van der Waals surface area contributed by atoms with Gasteiger partial charge in [0.2, 0.25) is 0 Å². The van der Waals surface area contributed by atoms with Gasteiger partial charge in [-0.1, -0.05) is 54.6 Å². The first-order valence-corrected chi connectivity index (χ1v) is 10.5. The quantitative estimate of drug-likeness (QED) is 0.479. The van der Waals surface area contributed by atoms with Crippen molar-refractivity contribution in [2.75, 3.05) is 13.1 Å². The van der Waals surface area contributed by atoms with Crippen LogP contribution in [-0.2, 0) is 13.1 Å². The second-order valence-corrected chi connectivity index (χ2v) is 7.98. The molecule has 31 heavy (non-hydrogen) atoms. The minimum atomic E-state index is -0.445. The van der Waals surface area contributed by atoms with Gasteiger partial charge in [0.25, 0.3) is 0 Å².